The molecule has 12 atom stereocenters. The third kappa shape index (κ3) is 27.7. The van der Waals surface area contributed by atoms with Gasteiger partial charge in [-0.3, -0.25) is 4.79 Å². The summed E-state index contributed by atoms with van der Waals surface area (Å²) in [6.45, 7) is 2.56. The van der Waals surface area contributed by atoms with Gasteiger partial charge in [0.2, 0.25) is 5.91 Å². The van der Waals surface area contributed by atoms with E-state index in [0.717, 1.165) is 51.4 Å². The Labute approximate surface area is 420 Å². The lowest BCUT2D eigenvalue weighted by Crippen LogP contribution is -2.65. The fourth-order valence-corrected chi connectivity index (χ4v) is 7.98. The fraction of sp³-hybridized carbons (Fsp3) is 0.696. The summed E-state index contributed by atoms with van der Waals surface area (Å²) >= 11 is 0. The first-order valence-electron chi connectivity index (χ1n) is 26.5. The minimum Gasteiger partial charge on any atom is -0.394 e. The molecule has 0 bridgehead atoms. The normalized spacial score (nSPS) is 26.8. The standard InChI is InChI=1S/C56H93NO13/c1-3-5-7-9-11-13-15-17-19-20-21-22-23-24-26-27-29-31-33-35-37-39-45(60)44(57-48(61)40-38-36-34-32-30-28-25-18-16-14-12-10-8-6-4-2)43-67-55-53(66)51(64)54(47(42-59)69-55)70-56-52(65)50(63)49(62)46(41-58)68-56/h6,8,12,14,18,23-25,29-32,36-39,44-47,49-56,58-60,62-66H,3-5,7,9-11,13,15-17,19-22,26-28,33-35,40-43H2,1-2H3,(H,57,61)/b8-6-,14-12-,24-23+,25-18-,31-29+,32-30-,38-36-,39-37+. The lowest BCUT2D eigenvalue weighted by molar-refractivity contribution is -0.359. The van der Waals surface area contributed by atoms with Crippen LogP contribution < -0.4 is 5.32 Å². The number of rotatable bonds is 39. The lowest BCUT2D eigenvalue weighted by Gasteiger charge is -2.46. The van der Waals surface area contributed by atoms with Gasteiger partial charge in [0.15, 0.2) is 12.6 Å². The monoisotopic (exact) mass is 988 g/mol. The van der Waals surface area contributed by atoms with Crippen LogP contribution in [0.1, 0.15) is 155 Å². The average Bonchev–Trinajstić information content (AvgIpc) is 3.36. The molecule has 2 aliphatic heterocycles. The van der Waals surface area contributed by atoms with Crippen LogP contribution in [0.2, 0.25) is 0 Å². The van der Waals surface area contributed by atoms with Crippen LogP contribution >= 0.6 is 0 Å². The van der Waals surface area contributed by atoms with Gasteiger partial charge in [-0.25, -0.2) is 0 Å². The van der Waals surface area contributed by atoms with Crippen molar-refractivity contribution in [2.24, 2.45) is 0 Å². The van der Waals surface area contributed by atoms with Crippen molar-refractivity contribution in [3.8, 4) is 0 Å². The number of aliphatic hydroxyl groups excluding tert-OH is 8. The van der Waals surface area contributed by atoms with Crippen molar-refractivity contribution < 1.29 is 64.6 Å². The highest BCUT2D eigenvalue weighted by atomic mass is 16.7. The van der Waals surface area contributed by atoms with Crippen LogP contribution in [0.4, 0.5) is 0 Å². The van der Waals surface area contributed by atoms with Gasteiger partial charge in [0.1, 0.15) is 48.8 Å². The van der Waals surface area contributed by atoms with Gasteiger partial charge >= 0.3 is 0 Å². The Hall–Kier alpha value is -3.09. The molecular weight excluding hydrogens is 895 g/mol. The van der Waals surface area contributed by atoms with Gasteiger partial charge in [0.05, 0.1) is 32.0 Å². The number of ether oxygens (including phenoxy) is 4. The summed E-state index contributed by atoms with van der Waals surface area (Å²) in [5, 5.41) is 86.7. The Morgan fingerprint density at radius 2 is 1.00 bits per heavy atom. The summed E-state index contributed by atoms with van der Waals surface area (Å²) in [7, 11) is 0. The average molecular weight is 988 g/mol. The number of allylic oxidation sites excluding steroid dienone is 14. The van der Waals surface area contributed by atoms with E-state index in [-0.39, 0.29) is 18.9 Å². The minimum absolute atomic E-state index is 0.0324. The number of carbonyl (C=O) groups excluding carboxylic acids is 1. The van der Waals surface area contributed by atoms with E-state index in [1.54, 1.807) is 12.2 Å². The maximum absolute atomic E-state index is 13.1. The second-order valence-corrected chi connectivity index (χ2v) is 18.3. The first-order chi connectivity index (χ1) is 34.1. The second kappa shape index (κ2) is 41.4. The van der Waals surface area contributed by atoms with Crippen LogP contribution in [-0.2, 0) is 23.7 Å². The second-order valence-electron chi connectivity index (χ2n) is 18.3. The summed E-state index contributed by atoms with van der Waals surface area (Å²) < 4.78 is 22.6. The van der Waals surface area contributed by atoms with Crippen LogP contribution in [0.25, 0.3) is 0 Å². The van der Waals surface area contributed by atoms with Crippen LogP contribution in [0.15, 0.2) is 97.2 Å². The highest BCUT2D eigenvalue weighted by Crippen LogP contribution is 2.30. The van der Waals surface area contributed by atoms with Gasteiger partial charge < -0.3 is 65.1 Å². The SMILES string of the molecule is CC/C=C\C/C=C\C/C=C\C/C=C\C/C=C\CC(=O)NC(COC1OC(CO)C(OC2OC(CO)C(O)C(O)C2O)C(O)C1O)C(O)/C=C/CC/C=C/CC/C=C/CCCCCCCCCCCCC. The molecule has 0 saturated carbocycles. The van der Waals surface area contributed by atoms with Crippen LogP contribution in [-0.4, -0.2) is 140 Å². The summed E-state index contributed by atoms with van der Waals surface area (Å²) in [6.07, 6.45) is 39.1. The maximum Gasteiger partial charge on any atom is 0.224 e. The third-order valence-electron chi connectivity index (χ3n) is 12.3. The van der Waals surface area contributed by atoms with E-state index in [0.29, 0.717) is 12.8 Å². The maximum atomic E-state index is 13.1. The molecular formula is C56H93NO13. The molecule has 0 aromatic rings. The van der Waals surface area contributed by atoms with E-state index in [1.165, 1.54) is 70.6 Å². The zero-order valence-electron chi connectivity index (χ0n) is 42.5. The minimum atomic E-state index is -1.80. The molecule has 400 valence electrons. The number of nitrogens with one attached hydrogen (secondary N) is 1. The first kappa shape index (κ1) is 63.0. The Morgan fingerprint density at radius 3 is 1.54 bits per heavy atom. The molecule has 12 unspecified atom stereocenters. The molecule has 0 radical (unpaired) electrons. The molecule has 0 spiro atoms. The quantitative estimate of drug-likeness (QED) is 0.0215. The van der Waals surface area contributed by atoms with Crippen molar-refractivity contribution in [2.75, 3.05) is 19.8 Å². The third-order valence-corrected chi connectivity index (χ3v) is 12.3. The van der Waals surface area contributed by atoms with Gasteiger partial charge in [-0.2, -0.15) is 0 Å². The topological polar surface area (TPSA) is 228 Å². The van der Waals surface area contributed by atoms with Gasteiger partial charge in [0.25, 0.3) is 0 Å². The van der Waals surface area contributed by atoms with E-state index >= 15 is 0 Å². The number of amides is 1. The zero-order chi connectivity index (χ0) is 51.0. The number of unbranched alkanes of at least 4 members (excludes halogenated alkanes) is 13. The first-order valence-corrected chi connectivity index (χ1v) is 26.5. The molecule has 1 amide bonds. The molecule has 0 aliphatic carbocycles. The molecule has 2 aliphatic rings. The molecule has 14 heteroatoms. The largest absolute Gasteiger partial charge is 0.394 e. The fourth-order valence-electron chi connectivity index (χ4n) is 7.98. The summed E-state index contributed by atoms with van der Waals surface area (Å²) in [4.78, 5) is 13.1. The van der Waals surface area contributed by atoms with Crippen molar-refractivity contribution in [3.05, 3.63) is 97.2 Å². The van der Waals surface area contributed by atoms with Crippen molar-refractivity contribution in [3.63, 3.8) is 0 Å². The number of carbonyl (C=O) groups is 1. The summed E-state index contributed by atoms with van der Waals surface area (Å²) in [5.41, 5.74) is 0. The van der Waals surface area contributed by atoms with E-state index in [2.05, 4.69) is 86.0 Å². The molecule has 70 heavy (non-hydrogen) atoms. The van der Waals surface area contributed by atoms with Gasteiger partial charge in [-0.05, 0) is 70.6 Å². The lowest BCUT2D eigenvalue weighted by atomic mass is 9.97. The van der Waals surface area contributed by atoms with Gasteiger partial charge in [0, 0.05) is 6.42 Å². The zero-order valence-corrected chi connectivity index (χ0v) is 42.5. The van der Waals surface area contributed by atoms with Crippen molar-refractivity contribution >= 4 is 5.91 Å². The Bertz CT molecular complexity index is 1540. The van der Waals surface area contributed by atoms with Crippen molar-refractivity contribution in [1.29, 1.82) is 0 Å². The van der Waals surface area contributed by atoms with Crippen molar-refractivity contribution in [1.82, 2.24) is 5.32 Å². The van der Waals surface area contributed by atoms with E-state index in [4.69, 9.17) is 18.9 Å². The highest BCUT2D eigenvalue weighted by molar-refractivity contribution is 5.77. The number of hydrogen-bond donors (Lipinski definition) is 9. The van der Waals surface area contributed by atoms with Gasteiger partial charge in [-0.1, -0.05) is 175 Å². The molecule has 2 saturated heterocycles. The van der Waals surface area contributed by atoms with Crippen LogP contribution in [0.3, 0.4) is 0 Å². The summed E-state index contributed by atoms with van der Waals surface area (Å²) in [5.74, 6) is -0.385. The van der Waals surface area contributed by atoms with E-state index < -0.39 is 86.8 Å². The van der Waals surface area contributed by atoms with E-state index in [1.807, 2.05) is 18.2 Å². The molecule has 0 aromatic heterocycles. The van der Waals surface area contributed by atoms with Gasteiger partial charge in [-0.15, -0.1) is 0 Å². The number of aliphatic hydroxyl groups is 8. The Balaban J connectivity index is 1.89. The van der Waals surface area contributed by atoms with Crippen LogP contribution in [0, 0.1) is 0 Å². The summed E-state index contributed by atoms with van der Waals surface area (Å²) in [6, 6.07) is -0.998. The molecule has 14 nitrogen and oxygen atoms in total. The Kier molecular flexibility index (Phi) is 37.3. The predicted octanol–water partition coefficient (Wildman–Crippen LogP) is 7.54. The van der Waals surface area contributed by atoms with Crippen LogP contribution in [0.5, 0.6) is 0 Å². The number of hydrogen-bond acceptors (Lipinski definition) is 13. The molecule has 2 rings (SSSR count). The van der Waals surface area contributed by atoms with Crippen molar-refractivity contribution in [2.45, 2.75) is 229 Å². The molecule has 9 N–H and O–H groups in total. The highest BCUT2D eigenvalue weighted by Gasteiger charge is 2.51. The smallest absolute Gasteiger partial charge is 0.224 e. The molecule has 2 heterocycles. The van der Waals surface area contributed by atoms with E-state index in [9.17, 15) is 45.6 Å². The predicted molar refractivity (Wildman–Crippen MR) is 276 cm³/mol. The Morgan fingerprint density at radius 1 is 0.529 bits per heavy atom. The molecule has 2 fully saturated rings. The molecule has 0 aromatic carbocycles.